The summed E-state index contributed by atoms with van der Waals surface area (Å²) in [5.74, 6) is 1.35. The molecular weight excluding hydrogens is 445 g/mol. The topological polar surface area (TPSA) is 81.4 Å². The lowest BCUT2D eigenvalue weighted by Crippen LogP contribution is -2.20. The average Bonchev–Trinajstić information content (AvgIpc) is 3.17. The summed E-state index contributed by atoms with van der Waals surface area (Å²) >= 11 is 13.4. The number of hydrazone groups is 1. The van der Waals surface area contributed by atoms with Crippen LogP contribution in [0.25, 0.3) is 11.4 Å². The molecule has 0 aliphatic rings. The van der Waals surface area contributed by atoms with Crippen molar-refractivity contribution in [2.24, 2.45) is 5.10 Å². The Labute approximate surface area is 188 Å². The number of thioether (sulfide) groups is 1. The fourth-order valence-corrected chi connectivity index (χ4v) is 3.89. The van der Waals surface area contributed by atoms with Gasteiger partial charge in [0.05, 0.1) is 29.1 Å². The van der Waals surface area contributed by atoms with Crippen LogP contribution in [0.1, 0.15) is 12.5 Å². The first-order valence-corrected chi connectivity index (χ1v) is 10.7. The normalized spacial score (nSPS) is 11.1. The number of halogens is 2. The summed E-state index contributed by atoms with van der Waals surface area (Å²) in [6, 6.07) is 12.7. The highest BCUT2D eigenvalue weighted by atomic mass is 35.5. The number of carbonyl (C=O) groups excluding carboxylic acids is 1. The van der Waals surface area contributed by atoms with E-state index < -0.39 is 0 Å². The molecule has 1 amide bonds. The number of hydrogen-bond acceptors (Lipinski definition) is 6. The monoisotopic (exact) mass is 463 g/mol. The maximum Gasteiger partial charge on any atom is 0.250 e. The number of ether oxygens (including phenoxy) is 1. The minimum absolute atomic E-state index is 0.133. The van der Waals surface area contributed by atoms with Gasteiger partial charge in [-0.25, -0.2) is 5.43 Å². The zero-order valence-corrected chi connectivity index (χ0v) is 18.6. The number of benzene rings is 2. The predicted molar refractivity (Wildman–Crippen MR) is 121 cm³/mol. The van der Waals surface area contributed by atoms with Crippen molar-refractivity contribution >= 4 is 47.1 Å². The van der Waals surface area contributed by atoms with Crippen molar-refractivity contribution in [3.8, 4) is 17.1 Å². The third kappa shape index (κ3) is 5.33. The van der Waals surface area contributed by atoms with Crippen LogP contribution in [-0.2, 0) is 11.3 Å². The number of nitrogens with one attached hydrogen (secondary N) is 1. The van der Waals surface area contributed by atoms with E-state index in [0.29, 0.717) is 27.3 Å². The van der Waals surface area contributed by atoms with E-state index in [1.807, 2.05) is 35.8 Å². The lowest BCUT2D eigenvalue weighted by molar-refractivity contribution is -0.118. The van der Waals surface area contributed by atoms with Gasteiger partial charge >= 0.3 is 0 Å². The SMILES string of the molecule is CCn1c(SCC(=O)N/N=C\c2c(Cl)cccc2Cl)nnc1-c1ccc(OC)cc1. The van der Waals surface area contributed by atoms with Crippen molar-refractivity contribution in [2.75, 3.05) is 12.9 Å². The Hall–Kier alpha value is -2.55. The molecule has 10 heteroatoms. The summed E-state index contributed by atoms with van der Waals surface area (Å²) in [6.07, 6.45) is 1.42. The molecule has 0 saturated heterocycles. The lowest BCUT2D eigenvalue weighted by Gasteiger charge is -2.07. The summed E-state index contributed by atoms with van der Waals surface area (Å²) in [5.41, 5.74) is 3.93. The van der Waals surface area contributed by atoms with Gasteiger partial charge in [-0.15, -0.1) is 10.2 Å². The van der Waals surface area contributed by atoms with E-state index in [2.05, 4.69) is 20.7 Å². The van der Waals surface area contributed by atoms with E-state index in [1.165, 1.54) is 18.0 Å². The molecule has 30 heavy (non-hydrogen) atoms. The molecule has 0 unspecified atom stereocenters. The van der Waals surface area contributed by atoms with Crippen LogP contribution in [0.2, 0.25) is 10.0 Å². The highest BCUT2D eigenvalue weighted by Gasteiger charge is 2.14. The quantitative estimate of drug-likeness (QED) is 0.301. The van der Waals surface area contributed by atoms with Gasteiger partial charge in [0.25, 0.3) is 5.91 Å². The molecular formula is C20H19Cl2N5O2S. The van der Waals surface area contributed by atoms with E-state index >= 15 is 0 Å². The molecule has 1 heterocycles. The van der Waals surface area contributed by atoms with Gasteiger partial charge in [-0.05, 0) is 43.3 Å². The van der Waals surface area contributed by atoms with Crippen LogP contribution in [0, 0.1) is 0 Å². The van der Waals surface area contributed by atoms with Crippen molar-refractivity contribution in [1.29, 1.82) is 0 Å². The van der Waals surface area contributed by atoms with Crippen molar-refractivity contribution < 1.29 is 9.53 Å². The summed E-state index contributed by atoms with van der Waals surface area (Å²) in [6.45, 7) is 2.67. The van der Waals surface area contributed by atoms with Crippen LogP contribution in [-0.4, -0.2) is 39.7 Å². The van der Waals surface area contributed by atoms with Gasteiger partial charge < -0.3 is 9.30 Å². The van der Waals surface area contributed by atoms with Crippen LogP contribution in [0.3, 0.4) is 0 Å². The molecule has 0 radical (unpaired) electrons. The molecule has 1 N–H and O–H groups in total. The number of aromatic nitrogens is 3. The van der Waals surface area contributed by atoms with Crippen LogP contribution >= 0.6 is 35.0 Å². The first kappa shape index (κ1) is 22.1. The van der Waals surface area contributed by atoms with Crippen molar-refractivity contribution in [2.45, 2.75) is 18.6 Å². The standard InChI is InChI=1S/C20H19Cl2N5O2S/c1-3-27-19(13-7-9-14(29-2)10-8-13)25-26-20(27)30-12-18(28)24-23-11-15-16(21)5-4-6-17(15)22/h4-11H,3,12H2,1-2H3,(H,24,28)/b23-11-. The second kappa shape index (κ2) is 10.5. The highest BCUT2D eigenvalue weighted by Crippen LogP contribution is 2.25. The van der Waals surface area contributed by atoms with Crippen molar-refractivity contribution in [3.05, 3.63) is 58.1 Å². The summed E-state index contributed by atoms with van der Waals surface area (Å²) in [7, 11) is 1.62. The van der Waals surface area contributed by atoms with Crippen LogP contribution in [0.5, 0.6) is 5.75 Å². The Morgan fingerprint density at radius 3 is 2.53 bits per heavy atom. The fourth-order valence-electron chi connectivity index (χ4n) is 2.60. The van der Waals surface area contributed by atoms with Crippen LogP contribution < -0.4 is 10.2 Å². The molecule has 0 bridgehead atoms. The van der Waals surface area contributed by atoms with Gasteiger partial charge in [0.1, 0.15) is 5.75 Å². The van der Waals surface area contributed by atoms with E-state index in [9.17, 15) is 4.79 Å². The van der Waals surface area contributed by atoms with Gasteiger partial charge in [-0.3, -0.25) is 4.79 Å². The van der Waals surface area contributed by atoms with E-state index in [0.717, 1.165) is 17.1 Å². The lowest BCUT2D eigenvalue weighted by atomic mass is 10.2. The number of hydrogen-bond donors (Lipinski definition) is 1. The molecule has 3 rings (SSSR count). The number of nitrogens with zero attached hydrogens (tertiary/aromatic N) is 4. The second-order valence-corrected chi connectivity index (χ2v) is 7.75. The van der Waals surface area contributed by atoms with Gasteiger partial charge in [-0.1, -0.05) is 41.0 Å². The molecule has 0 atom stereocenters. The Morgan fingerprint density at radius 1 is 1.20 bits per heavy atom. The minimum Gasteiger partial charge on any atom is -0.497 e. The van der Waals surface area contributed by atoms with E-state index in [4.69, 9.17) is 27.9 Å². The maximum atomic E-state index is 12.1. The summed E-state index contributed by atoms with van der Waals surface area (Å²) in [5, 5.41) is 14.0. The van der Waals surface area contributed by atoms with Gasteiger partial charge in [0.2, 0.25) is 0 Å². The van der Waals surface area contributed by atoms with E-state index in [1.54, 1.807) is 25.3 Å². The molecule has 0 saturated carbocycles. The fraction of sp³-hybridized carbons (Fsp3) is 0.200. The second-order valence-electron chi connectivity index (χ2n) is 6.00. The van der Waals surface area contributed by atoms with Crippen molar-refractivity contribution in [1.82, 2.24) is 20.2 Å². The number of methoxy groups -OCH3 is 1. The minimum atomic E-state index is -0.281. The van der Waals surface area contributed by atoms with Gasteiger partial charge in [0.15, 0.2) is 11.0 Å². The van der Waals surface area contributed by atoms with Crippen molar-refractivity contribution in [3.63, 3.8) is 0 Å². The predicted octanol–water partition coefficient (Wildman–Crippen LogP) is 4.52. The zero-order valence-electron chi connectivity index (χ0n) is 16.3. The molecule has 7 nitrogen and oxygen atoms in total. The Balaban J connectivity index is 1.62. The molecule has 3 aromatic rings. The third-order valence-corrected chi connectivity index (χ3v) is 5.72. The molecule has 2 aromatic carbocycles. The Morgan fingerprint density at radius 2 is 1.90 bits per heavy atom. The van der Waals surface area contributed by atoms with Crippen LogP contribution in [0.4, 0.5) is 0 Å². The number of rotatable bonds is 8. The molecule has 0 aliphatic carbocycles. The highest BCUT2D eigenvalue weighted by molar-refractivity contribution is 7.99. The summed E-state index contributed by atoms with van der Waals surface area (Å²) < 4.78 is 7.14. The Bertz CT molecular complexity index is 1030. The van der Waals surface area contributed by atoms with Crippen LogP contribution in [0.15, 0.2) is 52.7 Å². The molecule has 0 aliphatic heterocycles. The largest absolute Gasteiger partial charge is 0.497 e. The average molecular weight is 464 g/mol. The van der Waals surface area contributed by atoms with E-state index in [-0.39, 0.29) is 11.7 Å². The maximum absolute atomic E-state index is 12.1. The summed E-state index contributed by atoms with van der Waals surface area (Å²) in [4.78, 5) is 12.1. The molecule has 156 valence electrons. The third-order valence-electron chi connectivity index (χ3n) is 4.10. The van der Waals surface area contributed by atoms with Gasteiger partial charge in [-0.2, -0.15) is 5.10 Å². The molecule has 1 aromatic heterocycles. The van der Waals surface area contributed by atoms with Gasteiger partial charge in [0, 0.05) is 17.7 Å². The molecule has 0 fully saturated rings. The Kier molecular flexibility index (Phi) is 7.73. The number of amides is 1. The number of carbonyl (C=O) groups is 1. The first-order valence-electron chi connectivity index (χ1n) is 8.99. The first-order chi connectivity index (χ1) is 14.5. The molecule has 0 spiro atoms. The smallest absolute Gasteiger partial charge is 0.250 e. The zero-order chi connectivity index (χ0) is 21.5.